The summed E-state index contributed by atoms with van der Waals surface area (Å²) in [6, 6.07) is 0. The van der Waals surface area contributed by atoms with Crippen LogP contribution in [-0.4, -0.2) is 24.7 Å². The van der Waals surface area contributed by atoms with Crippen LogP contribution in [0.1, 0.15) is 15.9 Å². The van der Waals surface area contributed by atoms with Gasteiger partial charge in [-0.3, -0.25) is 4.79 Å². The first-order valence-electron chi connectivity index (χ1n) is 4.39. The summed E-state index contributed by atoms with van der Waals surface area (Å²) in [5, 5.41) is 0. The highest BCUT2D eigenvalue weighted by Gasteiger charge is 2.34. The third-order valence-corrected chi connectivity index (χ3v) is 1.86. The number of aromatic nitrogens is 1. The lowest BCUT2D eigenvalue weighted by atomic mass is 10.1. The number of aldehydes is 1. The molecule has 2 N–H and O–H groups in total. The molecule has 0 aromatic carbocycles. The maximum absolute atomic E-state index is 12.2. The molecule has 0 radical (unpaired) electrons. The molecule has 5 nitrogen and oxygen atoms in total. The molecule has 0 saturated carbocycles. The van der Waals surface area contributed by atoms with E-state index in [0.29, 0.717) is 0 Å². The lowest BCUT2D eigenvalue weighted by Crippen LogP contribution is -2.20. The highest BCUT2D eigenvalue weighted by atomic mass is 19.4. The molecule has 0 fully saturated rings. The van der Waals surface area contributed by atoms with Crippen LogP contribution in [0, 0.1) is 0 Å². The summed E-state index contributed by atoms with van der Waals surface area (Å²) < 4.78 is 45.0. The number of pyridine rings is 1. The van der Waals surface area contributed by atoms with Crippen LogP contribution in [-0.2, 0) is 6.54 Å². The summed E-state index contributed by atoms with van der Waals surface area (Å²) in [5.41, 5.74) is 4.83. The fourth-order valence-corrected chi connectivity index (χ4v) is 1.21. The van der Waals surface area contributed by atoms with E-state index in [2.05, 4.69) is 9.72 Å². The summed E-state index contributed by atoms with van der Waals surface area (Å²) >= 11 is 0. The predicted molar refractivity (Wildman–Crippen MR) is 50.8 cm³/mol. The van der Waals surface area contributed by atoms with Gasteiger partial charge in [0.05, 0.1) is 18.2 Å². The van der Waals surface area contributed by atoms with Crippen molar-refractivity contribution in [2.45, 2.75) is 12.9 Å². The molecule has 0 spiro atoms. The molecule has 0 bridgehead atoms. The zero-order chi connectivity index (χ0) is 13.1. The Kier molecular flexibility index (Phi) is 3.89. The van der Waals surface area contributed by atoms with Crippen LogP contribution < -0.4 is 15.2 Å². The number of methoxy groups -OCH3 is 1. The van der Waals surface area contributed by atoms with Crippen LogP contribution in [0.5, 0.6) is 11.6 Å². The van der Waals surface area contributed by atoms with E-state index in [-0.39, 0.29) is 29.8 Å². The van der Waals surface area contributed by atoms with E-state index in [9.17, 15) is 18.0 Å². The zero-order valence-electron chi connectivity index (χ0n) is 8.75. The molecule has 0 amide bonds. The number of alkyl halides is 3. The van der Waals surface area contributed by atoms with Crippen molar-refractivity contribution in [2.24, 2.45) is 5.73 Å². The molecule has 0 aliphatic carbocycles. The quantitative estimate of drug-likeness (QED) is 0.814. The number of ether oxygens (including phenoxy) is 2. The van der Waals surface area contributed by atoms with Gasteiger partial charge in [-0.15, -0.1) is 13.2 Å². The van der Waals surface area contributed by atoms with Gasteiger partial charge in [0.1, 0.15) is 0 Å². The normalized spacial score (nSPS) is 11.1. The maximum atomic E-state index is 12.2. The summed E-state index contributed by atoms with van der Waals surface area (Å²) in [4.78, 5) is 14.3. The molecule has 0 atom stereocenters. The van der Waals surface area contributed by atoms with Crippen LogP contribution in [0.3, 0.4) is 0 Å². The van der Waals surface area contributed by atoms with Gasteiger partial charge in [-0.2, -0.15) is 0 Å². The molecule has 1 aromatic heterocycles. The Balaban J connectivity index is 3.35. The number of nitrogens with two attached hydrogens (primary N) is 1. The van der Waals surface area contributed by atoms with E-state index in [1.54, 1.807) is 0 Å². The number of carbonyl (C=O) groups excluding carboxylic acids is 1. The standard InChI is InChI=1S/C9H9F3N2O3/c1-16-8-6(2-13)7(17-9(10,11)12)5(4-15)3-14-8/h3-4H,2,13H2,1H3. The first-order chi connectivity index (χ1) is 7.92. The molecular formula is C9H9F3N2O3. The van der Waals surface area contributed by atoms with E-state index in [0.717, 1.165) is 6.20 Å². The second-order valence-corrected chi connectivity index (χ2v) is 2.90. The van der Waals surface area contributed by atoms with Crippen molar-refractivity contribution >= 4 is 6.29 Å². The van der Waals surface area contributed by atoms with Gasteiger partial charge in [0.15, 0.2) is 12.0 Å². The van der Waals surface area contributed by atoms with Crippen molar-refractivity contribution in [2.75, 3.05) is 7.11 Å². The van der Waals surface area contributed by atoms with E-state index >= 15 is 0 Å². The van der Waals surface area contributed by atoms with E-state index in [1.165, 1.54) is 7.11 Å². The minimum Gasteiger partial charge on any atom is -0.481 e. The monoisotopic (exact) mass is 250 g/mol. The topological polar surface area (TPSA) is 74.4 Å². The van der Waals surface area contributed by atoms with Crippen LogP contribution in [0.25, 0.3) is 0 Å². The highest BCUT2D eigenvalue weighted by molar-refractivity contribution is 5.80. The lowest BCUT2D eigenvalue weighted by molar-refractivity contribution is -0.275. The van der Waals surface area contributed by atoms with Gasteiger partial charge in [0, 0.05) is 12.7 Å². The Morgan fingerprint density at radius 1 is 1.53 bits per heavy atom. The predicted octanol–water partition coefficient (Wildman–Crippen LogP) is 1.26. The number of rotatable bonds is 4. The van der Waals surface area contributed by atoms with Crippen molar-refractivity contribution < 1.29 is 27.4 Å². The molecule has 8 heteroatoms. The molecule has 0 aliphatic heterocycles. The minimum absolute atomic E-state index is 0.114. The Bertz CT molecular complexity index is 421. The largest absolute Gasteiger partial charge is 0.573 e. The first kappa shape index (κ1) is 13.2. The van der Waals surface area contributed by atoms with Crippen LogP contribution in [0.4, 0.5) is 13.2 Å². The van der Waals surface area contributed by atoms with Crippen LogP contribution in [0.15, 0.2) is 6.20 Å². The fourth-order valence-electron chi connectivity index (χ4n) is 1.21. The molecule has 1 rings (SSSR count). The molecular weight excluding hydrogens is 241 g/mol. The average Bonchev–Trinajstić information content (AvgIpc) is 2.26. The first-order valence-corrected chi connectivity index (χ1v) is 4.39. The molecule has 94 valence electrons. The maximum Gasteiger partial charge on any atom is 0.573 e. The van der Waals surface area contributed by atoms with E-state index in [1.807, 2.05) is 0 Å². The number of hydrogen-bond donors (Lipinski definition) is 1. The van der Waals surface area contributed by atoms with E-state index in [4.69, 9.17) is 10.5 Å². The molecule has 17 heavy (non-hydrogen) atoms. The van der Waals surface area contributed by atoms with Gasteiger partial charge in [0.2, 0.25) is 5.88 Å². The van der Waals surface area contributed by atoms with Crippen LogP contribution >= 0.6 is 0 Å². The second kappa shape index (κ2) is 5.00. The highest BCUT2D eigenvalue weighted by Crippen LogP contribution is 2.33. The van der Waals surface area contributed by atoms with Crippen molar-refractivity contribution in [3.63, 3.8) is 0 Å². The number of carbonyl (C=O) groups is 1. The number of hydrogen-bond acceptors (Lipinski definition) is 5. The van der Waals surface area contributed by atoms with Gasteiger partial charge in [-0.25, -0.2) is 4.98 Å². The molecule has 1 aromatic rings. The van der Waals surface area contributed by atoms with Crippen LogP contribution in [0.2, 0.25) is 0 Å². The smallest absolute Gasteiger partial charge is 0.481 e. The third-order valence-electron chi connectivity index (χ3n) is 1.86. The lowest BCUT2D eigenvalue weighted by Gasteiger charge is -2.15. The van der Waals surface area contributed by atoms with Crippen molar-refractivity contribution in [1.29, 1.82) is 0 Å². The molecule has 0 saturated heterocycles. The van der Waals surface area contributed by atoms with Gasteiger partial charge >= 0.3 is 6.36 Å². The van der Waals surface area contributed by atoms with Crippen molar-refractivity contribution in [3.8, 4) is 11.6 Å². The number of halogens is 3. The molecule has 0 aliphatic rings. The summed E-state index contributed by atoms with van der Waals surface area (Å²) in [7, 11) is 1.22. The Morgan fingerprint density at radius 2 is 2.18 bits per heavy atom. The summed E-state index contributed by atoms with van der Waals surface area (Å²) in [6.45, 7) is -0.302. The average molecular weight is 250 g/mol. The SMILES string of the molecule is COc1ncc(C=O)c(OC(F)(F)F)c1CN. The van der Waals surface area contributed by atoms with Gasteiger partial charge in [-0.1, -0.05) is 0 Å². The zero-order valence-corrected chi connectivity index (χ0v) is 8.75. The summed E-state index contributed by atoms with van der Waals surface area (Å²) in [5.74, 6) is -0.792. The Labute approximate surface area is 94.3 Å². The molecule has 0 unspecified atom stereocenters. The number of nitrogens with zero attached hydrogens (tertiary/aromatic N) is 1. The fraction of sp³-hybridized carbons (Fsp3) is 0.333. The summed E-state index contributed by atoms with van der Waals surface area (Å²) in [6.07, 6.45) is -3.80. The van der Waals surface area contributed by atoms with Crippen molar-refractivity contribution in [3.05, 3.63) is 17.3 Å². The van der Waals surface area contributed by atoms with Gasteiger partial charge < -0.3 is 15.2 Å². The second-order valence-electron chi connectivity index (χ2n) is 2.90. The van der Waals surface area contributed by atoms with Crippen molar-refractivity contribution in [1.82, 2.24) is 4.98 Å². The Hall–Kier alpha value is -1.83. The molecule has 1 heterocycles. The van der Waals surface area contributed by atoms with E-state index < -0.39 is 12.1 Å². The minimum atomic E-state index is -4.92. The van der Waals surface area contributed by atoms with Gasteiger partial charge in [-0.05, 0) is 0 Å². The Morgan fingerprint density at radius 3 is 2.59 bits per heavy atom. The van der Waals surface area contributed by atoms with Gasteiger partial charge in [0.25, 0.3) is 0 Å². The third kappa shape index (κ3) is 3.06.